The van der Waals surface area contributed by atoms with Crippen molar-refractivity contribution in [2.24, 2.45) is 10.3 Å². The van der Waals surface area contributed by atoms with Crippen LogP contribution in [-0.4, -0.2) is 80.2 Å². The Bertz CT molecular complexity index is 931. The summed E-state index contributed by atoms with van der Waals surface area (Å²) in [5, 5.41) is 0. The zero-order valence-electron chi connectivity index (χ0n) is 16.7. The van der Waals surface area contributed by atoms with Crippen LogP contribution in [0.3, 0.4) is 0 Å². The van der Waals surface area contributed by atoms with Gasteiger partial charge in [-0.2, -0.15) is 8.42 Å². The predicted octanol–water partition coefficient (Wildman–Crippen LogP) is 1.54. The van der Waals surface area contributed by atoms with Gasteiger partial charge in [0.25, 0.3) is 10.0 Å². The zero-order valence-corrected chi connectivity index (χ0v) is 17.5. The highest BCUT2D eigenvalue weighted by molar-refractivity contribution is 7.90. The topological polar surface area (TPSA) is 73.3 Å². The van der Waals surface area contributed by atoms with Crippen LogP contribution in [-0.2, 0) is 14.8 Å². The molecule has 0 saturated carbocycles. The van der Waals surface area contributed by atoms with Crippen molar-refractivity contribution in [1.82, 2.24) is 14.7 Å². The minimum absolute atomic E-state index is 0.0393. The van der Waals surface area contributed by atoms with Gasteiger partial charge in [0.1, 0.15) is 4.90 Å². The number of hydrogen-bond donors (Lipinski definition) is 0. The highest BCUT2D eigenvalue weighted by Crippen LogP contribution is 2.31. The Morgan fingerprint density at radius 1 is 0.966 bits per heavy atom. The number of benzene rings is 1. The molecule has 4 heterocycles. The van der Waals surface area contributed by atoms with Gasteiger partial charge < -0.3 is 9.80 Å². The van der Waals surface area contributed by atoms with E-state index in [-0.39, 0.29) is 11.8 Å². The molecule has 4 aliphatic heterocycles. The van der Waals surface area contributed by atoms with Crippen molar-refractivity contribution in [3.05, 3.63) is 29.8 Å². The van der Waals surface area contributed by atoms with Gasteiger partial charge in [-0.25, -0.2) is 0 Å². The Balaban J connectivity index is 1.21. The average Bonchev–Trinajstić information content (AvgIpc) is 3.47. The molecule has 3 saturated heterocycles. The summed E-state index contributed by atoms with van der Waals surface area (Å²) in [4.78, 5) is 20.0. The van der Waals surface area contributed by atoms with E-state index in [1.54, 1.807) is 12.1 Å². The lowest BCUT2D eigenvalue weighted by molar-refractivity contribution is -0.135. The summed E-state index contributed by atoms with van der Waals surface area (Å²) in [7, 11) is -3.59. The van der Waals surface area contributed by atoms with Crippen molar-refractivity contribution in [1.29, 1.82) is 0 Å². The van der Waals surface area contributed by atoms with Crippen molar-refractivity contribution >= 4 is 21.8 Å². The van der Waals surface area contributed by atoms with Gasteiger partial charge in [-0.3, -0.25) is 9.69 Å². The smallest absolute Gasteiger partial charge is 0.285 e. The maximum Gasteiger partial charge on any atom is 0.285 e. The molecule has 0 spiro atoms. The summed E-state index contributed by atoms with van der Waals surface area (Å²) in [6, 6.07) is 7.54. The van der Waals surface area contributed by atoms with Gasteiger partial charge in [-0.05, 0) is 57.3 Å². The third-order valence-electron chi connectivity index (χ3n) is 6.89. The number of carbonyl (C=O) groups is 1. The molecule has 5 rings (SSSR count). The van der Waals surface area contributed by atoms with Crippen LogP contribution < -0.4 is 0 Å². The summed E-state index contributed by atoms with van der Waals surface area (Å²) in [6.07, 6.45) is 5.17. The van der Waals surface area contributed by atoms with Crippen LogP contribution >= 0.6 is 0 Å². The molecule has 156 valence electrons. The van der Waals surface area contributed by atoms with E-state index in [9.17, 15) is 13.2 Å². The lowest BCUT2D eigenvalue weighted by Crippen LogP contribution is -2.44. The molecular weight excluding hydrogens is 388 g/mol. The fourth-order valence-electron chi connectivity index (χ4n) is 5.26. The normalized spacial score (nSPS) is 27.3. The molecule has 0 radical (unpaired) electrons. The minimum atomic E-state index is -3.59. The van der Waals surface area contributed by atoms with Crippen molar-refractivity contribution in [2.45, 2.75) is 43.0 Å². The van der Waals surface area contributed by atoms with E-state index in [4.69, 9.17) is 0 Å². The van der Waals surface area contributed by atoms with Crippen LogP contribution in [0.15, 0.2) is 33.6 Å². The number of piperidine rings is 1. The summed E-state index contributed by atoms with van der Waals surface area (Å²) in [5.41, 5.74) is 0.685. The Morgan fingerprint density at radius 3 is 2.45 bits per heavy atom. The molecule has 1 aromatic carbocycles. The van der Waals surface area contributed by atoms with Gasteiger partial charge in [0, 0.05) is 43.7 Å². The van der Waals surface area contributed by atoms with Crippen LogP contribution in [0, 0.1) is 5.92 Å². The van der Waals surface area contributed by atoms with Gasteiger partial charge in [0.05, 0.1) is 0 Å². The quantitative estimate of drug-likeness (QED) is 0.731. The van der Waals surface area contributed by atoms with Gasteiger partial charge in [-0.1, -0.05) is 12.1 Å². The Morgan fingerprint density at radius 2 is 1.69 bits per heavy atom. The highest BCUT2D eigenvalue weighted by atomic mass is 32.2. The predicted molar refractivity (Wildman–Crippen MR) is 110 cm³/mol. The van der Waals surface area contributed by atoms with E-state index in [0.717, 1.165) is 32.4 Å². The molecule has 3 fully saturated rings. The summed E-state index contributed by atoms with van der Waals surface area (Å²) < 4.78 is 28.7. The van der Waals surface area contributed by atoms with Gasteiger partial charge in [0.2, 0.25) is 5.91 Å². The average molecular weight is 417 g/mol. The molecule has 7 nitrogen and oxygen atoms in total. The zero-order chi connectivity index (χ0) is 20.0. The molecular formula is C21H28N4O3S. The monoisotopic (exact) mass is 416 g/mol. The first-order valence-electron chi connectivity index (χ1n) is 10.7. The Hall–Kier alpha value is -1.93. The number of fused-ring (bicyclic) bond motifs is 1. The second-order valence-electron chi connectivity index (χ2n) is 8.62. The van der Waals surface area contributed by atoms with E-state index >= 15 is 0 Å². The van der Waals surface area contributed by atoms with Gasteiger partial charge in [0.15, 0.2) is 5.84 Å². The molecule has 8 heteroatoms. The third-order valence-corrected chi connectivity index (χ3v) is 8.21. The summed E-state index contributed by atoms with van der Waals surface area (Å²) in [6.45, 7) is 5.44. The van der Waals surface area contributed by atoms with Crippen LogP contribution in [0.1, 0.15) is 37.7 Å². The number of carbonyl (C=O) groups excluding carboxylic acids is 1. The Kier molecular flexibility index (Phi) is 4.86. The number of amidine groups is 1. The first-order valence-corrected chi connectivity index (χ1v) is 12.2. The van der Waals surface area contributed by atoms with Crippen LogP contribution in [0.4, 0.5) is 0 Å². The first kappa shape index (κ1) is 19.1. The first-order chi connectivity index (χ1) is 14.0. The maximum absolute atomic E-state index is 13.1. The fraction of sp³-hybridized carbons (Fsp3) is 0.619. The second-order valence-corrected chi connectivity index (χ2v) is 10.2. The number of amides is 1. The van der Waals surface area contributed by atoms with Crippen molar-refractivity contribution in [3.63, 3.8) is 0 Å². The molecule has 1 atom stereocenters. The molecule has 1 aromatic rings. The van der Waals surface area contributed by atoms with Crippen LogP contribution in [0.25, 0.3) is 0 Å². The van der Waals surface area contributed by atoms with Crippen molar-refractivity contribution < 1.29 is 13.2 Å². The van der Waals surface area contributed by atoms with E-state index < -0.39 is 10.0 Å². The number of hydrogen-bond acceptors (Lipinski definition) is 5. The molecule has 0 bridgehead atoms. The van der Waals surface area contributed by atoms with Crippen LogP contribution in [0.5, 0.6) is 0 Å². The molecule has 0 aliphatic carbocycles. The molecule has 0 aromatic heterocycles. The fourth-order valence-corrected chi connectivity index (χ4v) is 6.49. The SMILES string of the molecule is O=C(C1CCN(C2=NS(=O)(=O)c3ccccc32)CC1)N1CCC(N2CCCC2)C1. The molecule has 0 N–H and O–H groups in total. The molecule has 1 unspecified atom stereocenters. The number of rotatable bonds is 2. The van der Waals surface area contributed by atoms with Crippen molar-refractivity contribution in [3.8, 4) is 0 Å². The lowest BCUT2D eigenvalue weighted by Gasteiger charge is -2.34. The van der Waals surface area contributed by atoms with E-state index in [1.807, 2.05) is 17.0 Å². The number of nitrogens with zero attached hydrogens (tertiary/aromatic N) is 4. The Labute approximate surface area is 172 Å². The van der Waals surface area contributed by atoms with E-state index in [2.05, 4.69) is 14.2 Å². The van der Waals surface area contributed by atoms with Gasteiger partial charge >= 0.3 is 0 Å². The maximum atomic E-state index is 13.1. The number of likely N-dealkylation sites (tertiary alicyclic amines) is 3. The molecule has 4 aliphatic rings. The largest absolute Gasteiger partial charge is 0.355 e. The van der Waals surface area contributed by atoms with E-state index in [1.165, 1.54) is 25.9 Å². The second kappa shape index (κ2) is 7.40. The van der Waals surface area contributed by atoms with Crippen LogP contribution in [0.2, 0.25) is 0 Å². The van der Waals surface area contributed by atoms with Crippen molar-refractivity contribution in [2.75, 3.05) is 39.3 Å². The summed E-state index contributed by atoms with van der Waals surface area (Å²) >= 11 is 0. The standard InChI is InChI=1S/C21H28N4O3S/c26-21(25-14-9-17(15-25)23-10-3-4-11-23)16-7-12-24(13-8-16)20-18-5-1-2-6-19(18)29(27,28)22-20/h1-2,5-6,16-17H,3-4,7-15H2. The van der Waals surface area contributed by atoms with E-state index in [0.29, 0.717) is 35.4 Å². The highest BCUT2D eigenvalue weighted by Gasteiger charge is 2.37. The molecule has 29 heavy (non-hydrogen) atoms. The summed E-state index contributed by atoms with van der Waals surface area (Å²) in [5.74, 6) is 0.868. The minimum Gasteiger partial charge on any atom is -0.355 e. The third kappa shape index (κ3) is 3.46. The number of sulfonamides is 1. The van der Waals surface area contributed by atoms with Gasteiger partial charge in [-0.15, -0.1) is 4.40 Å². The molecule has 1 amide bonds. The lowest BCUT2D eigenvalue weighted by atomic mass is 9.94.